The molecule has 1 saturated heterocycles. The molecule has 8 heteroatoms. The molecule has 0 radical (unpaired) electrons. The molecule has 0 atom stereocenters. The highest BCUT2D eigenvalue weighted by Crippen LogP contribution is 2.37. The highest BCUT2D eigenvalue weighted by Gasteiger charge is 2.52. The second-order valence-corrected chi connectivity index (χ2v) is 9.70. The number of hydrogen-bond donors (Lipinski definition) is 0. The van der Waals surface area contributed by atoms with E-state index in [4.69, 9.17) is 18.8 Å². The monoisotopic (exact) mass is 419 g/mol. The van der Waals surface area contributed by atoms with Gasteiger partial charge in [-0.25, -0.2) is 4.79 Å². The van der Waals surface area contributed by atoms with Crippen molar-refractivity contribution in [3.8, 4) is 0 Å². The van der Waals surface area contributed by atoms with Crippen molar-refractivity contribution >= 4 is 30.3 Å². The summed E-state index contributed by atoms with van der Waals surface area (Å²) in [6.45, 7) is 15.2. The standard InChI is InChI=1S/C22H34BNO6/c1-14-15(12-18(25)27-10)11-16(23-29-21(5,6)22(7,8)30-23)13-17(14)24(9)19(26)28-20(2,3)4/h11,13H,12H2,1-10H3. The summed E-state index contributed by atoms with van der Waals surface area (Å²) in [7, 11) is 2.37. The van der Waals surface area contributed by atoms with Crippen molar-refractivity contribution in [2.75, 3.05) is 19.1 Å². The van der Waals surface area contributed by atoms with Gasteiger partial charge in [0.15, 0.2) is 0 Å². The summed E-state index contributed by atoms with van der Waals surface area (Å²) in [5.41, 5.74) is 1.22. The van der Waals surface area contributed by atoms with E-state index >= 15 is 0 Å². The van der Waals surface area contributed by atoms with Gasteiger partial charge in [0.2, 0.25) is 0 Å². The summed E-state index contributed by atoms with van der Waals surface area (Å²) in [4.78, 5) is 26.1. The molecule has 0 unspecified atom stereocenters. The predicted molar refractivity (Wildman–Crippen MR) is 117 cm³/mol. The van der Waals surface area contributed by atoms with Crippen molar-refractivity contribution in [3.63, 3.8) is 0 Å². The number of carbonyl (C=O) groups excluding carboxylic acids is 2. The lowest BCUT2D eigenvalue weighted by atomic mass is 9.77. The van der Waals surface area contributed by atoms with Crippen LogP contribution in [-0.4, -0.2) is 50.1 Å². The number of anilines is 1. The number of methoxy groups -OCH3 is 1. The fourth-order valence-electron chi connectivity index (χ4n) is 3.09. The van der Waals surface area contributed by atoms with Crippen LogP contribution in [0.4, 0.5) is 10.5 Å². The van der Waals surface area contributed by atoms with E-state index in [1.165, 1.54) is 12.0 Å². The predicted octanol–water partition coefficient (Wildman–Crippen LogP) is 3.38. The molecule has 0 aliphatic carbocycles. The van der Waals surface area contributed by atoms with Gasteiger partial charge in [0, 0.05) is 12.7 Å². The fraction of sp³-hybridized carbons (Fsp3) is 0.636. The van der Waals surface area contributed by atoms with E-state index < -0.39 is 30.0 Å². The van der Waals surface area contributed by atoms with Crippen LogP contribution in [0.2, 0.25) is 0 Å². The van der Waals surface area contributed by atoms with E-state index in [1.54, 1.807) is 7.05 Å². The van der Waals surface area contributed by atoms with E-state index in [-0.39, 0.29) is 12.4 Å². The Morgan fingerprint density at radius 1 is 1.10 bits per heavy atom. The largest absolute Gasteiger partial charge is 0.494 e. The molecule has 30 heavy (non-hydrogen) atoms. The van der Waals surface area contributed by atoms with Crippen molar-refractivity contribution in [1.29, 1.82) is 0 Å². The van der Waals surface area contributed by atoms with Crippen LogP contribution in [0.25, 0.3) is 0 Å². The van der Waals surface area contributed by atoms with Crippen LogP contribution in [0.1, 0.15) is 59.6 Å². The second kappa shape index (κ2) is 8.23. The molecule has 0 bridgehead atoms. The summed E-state index contributed by atoms with van der Waals surface area (Å²) < 4.78 is 22.7. The number of ether oxygens (including phenoxy) is 2. The highest BCUT2D eigenvalue weighted by atomic mass is 16.7. The SMILES string of the molecule is COC(=O)Cc1cc(B2OC(C)(C)C(C)(C)O2)cc(N(C)C(=O)OC(C)(C)C)c1C. The summed E-state index contributed by atoms with van der Waals surface area (Å²) in [6.07, 6.45) is -0.411. The third kappa shape index (κ3) is 5.16. The maximum atomic E-state index is 12.7. The molecule has 1 aromatic carbocycles. The lowest BCUT2D eigenvalue weighted by molar-refractivity contribution is -0.139. The molecule has 2 rings (SSSR count). The minimum atomic E-state index is -0.628. The van der Waals surface area contributed by atoms with Crippen molar-refractivity contribution in [2.24, 2.45) is 0 Å². The van der Waals surface area contributed by atoms with Crippen molar-refractivity contribution in [1.82, 2.24) is 0 Å². The Morgan fingerprint density at radius 3 is 2.10 bits per heavy atom. The van der Waals surface area contributed by atoms with Crippen molar-refractivity contribution in [2.45, 2.75) is 78.6 Å². The maximum Gasteiger partial charge on any atom is 0.494 e. The molecule has 1 aliphatic rings. The molecule has 1 aliphatic heterocycles. The third-order valence-electron chi connectivity index (χ3n) is 5.63. The van der Waals surface area contributed by atoms with Crippen LogP contribution in [0.15, 0.2) is 12.1 Å². The van der Waals surface area contributed by atoms with Gasteiger partial charge in [0.05, 0.1) is 24.7 Å². The van der Waals surface area contributed by atoms with Crippen LogP contribution < -0.4 is 10.4 Å². The number of benzene rings is 1. The van der Waals surface area contributed by atoms with E-state index in [0.29, 0.717) is 5.69 Å². The minimum absolute atomic E-state index is 0.0742. The van der Waals surface area contributed by atoms with E-state index in [1.807, 2.05) is 67.5 Å². The van der Waals surface area contributed by atoms with Gasteiger partial charge >= 0.3 is 19.2 Å². The van der Waals surface area contributed by atoms with Gasteiger partial charge in [-0.15, -0.1) is 0 Å². The number of amides is 1. The molecule has 1 heterocycles. The number of hydrogen-bond acceptors (Lipinski definition) is 6. The van der Waals surface area contributed by atoms with Gasteiger partial charge in [-0.05, 0) is 78.0 Å². The van der Waals surface area contributed by atoms with Gasteiger partial charge in [0.1, 0.15) is 5.60 Å². The lowest BCUT2D eigenvalue weighted by Gasteiger charge is -2.32. The highest BCUT2D eigenvalue weighted by molar-refractivity contribution is 6.62. The quantitative estimate of drug-likeness (QED) is 0.550. The van der Waals surface area contributed by atoms with E-state index in [9.17, 15) is 9.59 Å². The molecule has 1 aromatic rings. The molecular weight excluding hydrogens is 385 g/mol. The number of esters is 1. The molecule has 0 aromatic heterocycles. The zero-order valence-electron chi connectivity index (χ0n) is 19.8. The Labute approximate surface area is 180 Å². The molecule has 7 nitrogen and oxygen atoms in total. The Hall–Kier alpha value is -2.06. The Bertz CT molecular complexity index is 812. The normalized spacial score (nSPS) is 17.6. The summed E-state index contributed by atoms with van der Waals surface area (Å²) >= 11 is 0. The molecule has 0 spiro atoms. The molecule has 0 saturated carbocycles. The van der Waals surface area contributed by atoms with Crippen LogP contribution in [0, 0.1) is 6.92 Å². The first-order chi connectivity index (χ1) is 13.6. The maximum absolute atomic E-state index is 12.7. The fourth-order valence-corrected chi connectivity index (χ4v) is 3.09. The topological polar surface area (TPSA) is 74.3 Å². The summed E-state index contributed by atoms with van der Waals surface area (Å²) in [5.74, 6) is -0.366. The zero-order chi connectivity index (χ0) is 23.1. The van der Waals surface area contributed by atoms with Gasteiger partial charge in [-0.1, -0.05) is 6.07 Å². The van der Waals surface area contributed by atoms with Crippen molar-refractivity contribution in [3.05, 3.63) is 23.3 Å². The smallest absolute Gasteiger partial charge is 0.469 e. The first kappa shape index (κ1) is 24.2. The zero-order valence-corrected chi connectivity index (χ0v) is 19.8. The molecular formula is C22H34BNO6. The van der Waals surface area contributed by atoms with Gasteiger partial charge in [-0.2, -0.15) is 0 Å². The number of rotatable bonds is 4. The van der Waals surface area contributed by atoms with Crippen LogP contribution in [0.5, 0.6) is 0 Å². The Morgan fingerprint density at radius 2 is 1.63 bits per heavy atom. The number of carbonyl (C=O) groups is 2. The van der Waals surface area contributed by atoms with Crippen LogP contribution in [-0.2, 0) is 30.0 Å². The first-order valence-corrected chi connectivity index (χ1v) is 10.1. The molecule has 1 fully saturated rings. The van der Waals surface area contributed by atoms with Gasteiger partial charge < -0.3 is 18.8 Å². The molecule has 166 valence electrons. The van der Waals surface area contributed by atoms with Gasteiger partial charge in [-0.3, -0.25) is 9.69 Å². The molecule has 1 amide bonds. The summed E-state index contributed by atoms with van der Waals surface area (Å²) in [6, 6.07) is 3.73. The molecule has 0 N–H and O–H groups in total. The third-order valence-corrected chi connectivity index (χ3v) is 5.63. The van der Waals surface area contributed by atoms with E-state index in [2.05, 4.69) is 0 Å². The average molecular weight is 419 g/mol. The Balaban J connectivity index is 2.51. The van der Waals surface area contributed by atoms with Crippen LogP contribution in [0.3, 0.4) is 0 Å². The second-order valence-electron chi connectivity index (χ2n) is 9.70. The van der Waals surface area contributed by atoms with Crippen molar-refractivity contribution < 1.29 is 28.4 Å². The first-order valence-electron chi connectivity index (χ1n) is 10.1. The Kier molecular flexibility index (Phi) is 6.64. The number of nitrogens with zero attached hydrogens (tertiary/aromatic N) is 1. The summed E-state index contributed by atoms with van der Waals surface area (Å²) in [5, 5.41) is 0. The van der Waals surface area contributed by atoms with E-state index in [0.717, 1.165) is 16.6 Å². The van der Waals surface area contributed by atoms with Crippen LogP contribution >= 0.6 is 0 Å². The lowest BCUT2D eigenvalue weighted by Crippen LogP contribution is -2.41. The van der Waals surface area contributed by atoms with Gasteiger partial charge in [0.25, 0.3) is 0 Å². The minimum Gasteiger partial charge on any atom is -0.469 e. The average Bonchev–Trinajstić information content (AvgIpc) is 2.82.